The molecule has 1 aromatic heterocycles. The minimum Gasteiger partial charge on any atom is -0.465 e. The fourth-order valence-corrected chi connectivity index (χ4v) is 3.59. The van der Waals surface area contributed by atoms with Gasteiger partial charge in [0, 0.05) is 32.7 Å². The van der Waals surface area contributed by atoms with Gasteiger partial charge < -0.3 is 19.9 Å². The summed E-state index contributed by atoms with van der Waals surface area (Å²) < 4.78 is 4.65. The van der Waals surface area contributed by atoms with Crippen LogP contribution in [0.4, 0.5) is 0 Å². The summed E-state index contributed by atoms with van der Waals surface area (Å²) in [5, 5.41) is 2.92. The van der Waals surface area contributed by atoms with Gasteiger partial charge in [0.05, 0.1) is 12.0 Å². The van der Waals surface area contributed by atoms with E-state index >= 15 is 0 Å². The molecule has 134 valence electrons. The number of hydrogen-bond donors (Lipinski definition) is 1. The van der Waals surface area contributed by atoms with E-state index in [4.69, 9.17) is 0 Å². The highest BCUT2D eigenvalue weighted by Gasteiger charge is 2.15. The van der Waals surface area contributed by atoms with Gasteiger partial charge in [-0.3, -0.25) is 4.79 Å². The molecule has 0 spiro atoms. The summed E-state index contributed by atoms with van der Waals surface area (Å²) in [6, 6.07) is 3.29. The number of ether oxygens (including phenoxy) is 1. The zero-order chi connectivity index (χ0) is 17.4. The molecule has 0 unspecified atom stereocenters. The Morgan fingerprint density at radius 3 is 2.46 bits per heavy atom. The largest absolute Gasteiger partial charge is 0.465 e. The molecule has 1 aromatic rings. The molecule has 1 aliphatic rings. The minimum atomic E-state index is -0.401. The average Bonchev–Trinajstić information content (AvgIpc) is 3.11. The van der Waals surface area contributed by atoms with Crippen LogP contribution < -0.4 is 5.32 Å². The standard InChI is InChI=1S/C17H27N3O3S/c1-3-19-10-12-20(13-11-19)9-5-4-8-18-16(21)14-6-7-15(24-14)17(22)23-2/h6-7H,3-5,8-13H2,1-2H3,(H,18,21). The van der Waals surface area contributed by atoms with Crippen molar-refractivity contribution in [3.05, 3.63) is 21.9 Å². The molecule has 24 heavy (non-hydrogen) atoms. The van der Waals surface area contributed by atoms with Gasteiger partial charge in [-0.05, 0) is 38.1 Å². The second-order valence-electron chi connectivity index (χ2n) is 5.89. The summed E-state index contributed by atoms with van der Waals surface area (Å²) in [6.07, 6.45) is 2.05. The molecule has 1 fully saturated rings. The third kappa shape index (κ3) is 5.58. The van der Waals surface area contributed by atoms with Crippen molar-refractivity contribution in [1.29, 1.82) is 0 Å². The number of amides is 1. The molecule has 2 heterocycles. The molecule has 2 rings (SSSR count). The third-order valence-electron chi connectivity index (χ3n) is 4.32. The van der Waals surface area contributed by atoms with E-state index in [1.54, 1.807) is 12.1 Å². The second kappa shape index (κ2) is 9.76. The first-order valence-electron chi connectivity index (χ1n) is 8.55. The number of methoxy groups -OCH3 is 1. The summed E-state index contributed by atoms with van der Waals surface area (Å²) in [7, 11) is 1.34. The zero-order valence-corrected chi connectivity index (χ0v) is 15.4. The van der Waals surface area contributed by atoms with Crippen molar-refractivity contribution in [2.75, 3.05) is 52.9 Å². The number of unbranched alkanes of at least 4 members (excludes halogenated alkanes) is 1. The first-order valence-corrected chi connectivity index (χ1v) is 9.36. The zero-order valence-electron chi connectivity index (χ0n) is 14.5. The predicted octanol–water partition coefficient (Wildman–Crippen LogP) is 1.68. The van der Waals surface area contributed by atoms with Crippen LogP contribution in [0.25, 0.3) is 0 Å². The molecule has 0 atom stereocenters. The summed E-state index contributed by atoms with van der Waals surface area (Å²) in [5.74, 6) is -0.520. The van der Waals surface area contributed by atoms with Crippen molar-refractivity contribution in [2.24, 2.45) is 0 Å². The number of carbonyl (C=O) groups excluding carboxylic acids is 2. The molecule has 1 N–H and O–H groups in total. The Hall–Kier alpha value is -1.44. The Kier molecular flexibility index (Phi) is 7.68. The number of nitrogens with zero attached hydrogens (tertiary/aromatic N) is 2. The predicted molar refractivity (Wildman–Crippen MR) is 95.8 cm³/mol. The lowest BCUT2D eigenvalue weighted by Crippen LogP contribution is -2.46. The third-order valence-corrected chi connectivity index (χ3v) is 5.38. The molecule has 1 saturated heterocycles. The molecule has 1 aliphatic heterocycles. The van der Waals surface area contributed by atoms with Crippen molar-refractivity contribution in [2.45, 2.75) is 19.8 Å². The normalized spacial score (nSPS) is 16.1. The van der Waals surface area contributed by atoms with Crippen LogP contribution in [-0.2, 0) is 4.74 Å². The van der Waals surface area contributed by atoms with Crippen LogP contribution in [0.2, 0.25) is 0 Å². The van der Waals surface area contributed by atoms with Crippen molar-refractivity contribution in [3.63, 3.8) is 0 Å². The molecule has 0 bridgehead atoms. The number of hydrogen-bond acceptors (Lipinski definition) is 6. The number of carbonyl (C=O) groups is 2. The van der Waals surface area contributed by atoms with E-state index in [0.29, 0.717) is 16.3 Å². The summed E-state index contributed by atoms with van der Waals surface area (Å²) in [6.45, 7) is 9.72. The Morgan fingerprint density at radius 1 is 1.12 bits per heavy atom. The van der Waals surface area contributed by atoms with Crippen LogP contribution in [0.5, 0.6) is 0 Å². The Morgan fingerprint density at radius 2 is 1.79 bits per heavy atom. The maximum Gasteiger partial charge on any atom is 0.348 e. The first kappa shape index (κ1) is 18.9. The molecule has 0 radical (unpaired) electrons. The summed E-state index contributed by atoms with van der Waals surface area (Å²) in [4.78, 5) is 29.4. The van der Waals surface area contributed by atoms with E-state index in [9.17, 15) is 9.59 Å². The lowest BCUT2D eigenvalue weighted by molar-refractivity contribution is 0.0606. The van der Waals surface area contributed by atoms with Crippen molar-refractivity contribution < 1.29 is 14.3 Å². The van der Waals surface area contributed by atoms with Gasteiger partial charge in [-0.15, -0.1) is 11.3 Å². The summed E-state index contributed by atoms with van der Waals surface area (Å²) >= 11 is 1.16. The highest BCUT2D eigenvalue weighted by molar-refractivity contribution is 7.15. The van der Waals surface area contributed by atoms with Crippen LogP contribution in [-0.4, -0.2) is 74.6 Å². The SMILES string of the molecule is CCN1CCN(CCCCNC(=O)c2ccc(C(=O)OC)s2)CC1. The molecule has 1 amide bonds. The van der Waals surface area contributed by atoms with Crippen LogP contribution >= 0.6 is 11.3 Å². The van der Waals surface area contributed by atoms with E-state index in [2.05, 4.69) is 26.8 Å². The van der Waals surface area contributed by atoms with Crippen LogP contribution in [0.3, 0.4) is 0 Å². The first-order chi connectivity index (χ1) is 11.6. The quantitative estimate of drug-likeness (QED) is 0.569. The summed E-state index contributed by atoms with van der Waals surface area (Å²) in [5.41, 5.74) is 0. The fourth-order valence-electron chi connectivity index (χ4n) is 2.75. The Bertz CT molecular complexity index is 539. The molecule has 0 saturated carbocycles. The molecule has 0 aliphatic carbocycles. The van der Waals surface area contributed by atoms with Crippen molar-refractivity contribution in [3.8, 4) is 0 Å². The lowest BCUT2D eigenvalue weighted by atomic mass is 10.2. The van der Waals surface area contributed by atoms with E-state index in [-0.39, 0.29) is 5.91 Å². The van der Waals surface area contributed by atoms with Gasteiger partial charge in [0.1, 0.15) is 4.88 Å². The fraction of sp³-hybridized carbons (Fsp3) is 0.647. The molecule has 0 aromatic carbocycles. The Balaban J connectivity index is 1.59. The highest BCUT2D eigenvalue weighted by atomic mass is 32.1. The monoisotopic (exact) mass is 353 g/mol. The average molecular weight is 353 g/mol. The number of nitrogens with one attached hydrogen (secondary N) is 1. The second-order valence-corrected chi connectivity index (χ2v) is 6.98. The minimum absolute atomic E-state index is 0.119. The number of piperazine rings is 1. The highest BCUT2D eigenvalue weighted by Crippen LogP contribution is 2.17. The van der Waals surface area contributed by atoms with Crippen molar-refractivity contribution in [1.82, 2.24) is 15.1 Å². The van der Waals surface area contributed by atoms with Crippen molar-refractivity contribution >= 4 is 23.2 Å². The number of rotatable bonds is 8. The topological polar surface area (TPSA) is 61.9 Å². The number of likely N-dealkylation sites (N-methyl/N-ethyl adjacent to an activating group) is 1. The van der Waals surface area contributed by atoms with Crippen LogP contribution in [0, 0.1) is 0 Å². The number of thiophene rings is 1. The van der Waals surface area contributed by atoms with Gasteiger partial charge in [-0.1, -0.05) is 6.92 Å². The van der Waals surface area contributed by atoms with E-state index in [0.717, 1.165) is 63.4 Å². The molecular formula is C17H27N3O3S. The molecular weight excluding hydrogens is 326 g/mol. The van der Waals surface area contributed by atoms with Crippen LogP contribution in [0.15, 0.2) is 12.1 Å². The molecule has 7 heteroatoms. The van der Waals surface area contributed by atoms with E-state index in [1.165, 1.54) is 7.11 Å². The van der Waals surface area contributed by atoms with Gasteiger partial charge in [0.15, 0.2) is 0 Å². The maximum atomic E-state index is 12.0. The van der Waals surface area contributed by atoms with Gasteiger partial charge in [0.2, 0.25) is 0 Å². The molecule has 6 nitrogen and oxygen atoms in total. The lowest BCUT2D eigenvalue weighted by Gasteiger charge is -2.33. The number of esters is 1. The van der Waals surface area contributed by atoms with Gasteiger partial charge in [0.25, 0.3) is 5.91 Å². The smallest absolute Gasteiger partial charge is 0.348 e. The maximum absolute atomic E-state index is 12.0. The van der Waals surface area contributed by atoms with Gasteiger partial charge in [-0.25, -0.2) is 4.79 Å². The van der Waals surface area contributed by atoms with E-state index in [1.807, 2.05) is 0 Å². The van der Waals surface area contributed by atoms with Crippen LogP contribution in [0.1, 0.15) is 39.1 Å². The van der Waals surface area contributed by atoms with Gasteiger partial charge >= 0.3 is 5.97 Å². The van der Waals surface area contributed by atoms with Gasteiger partial charge in [-0.2, -0.15) is 0 Å². The Labute approximate surface area is 147 Å². The van der Waals surface area contributed by atoms with E-state index < -0.39 is 5.97 Å².